The smallest absolute Gasteiger partial charge is 0.0652 e. The molecule has 2 heteroatoms. The van der Waals surface area contributed by atoms with Crippen molar-refractivity contribution in [3.8, 4) is 0 Å². The molecular weight excluding hydrogens is 216 g/mol. The number of hydrogen-bond donors (Lipinski definition) is 0. The van der Waals surface area contributed by atoms with Crippen molar-refractivity contribution >= 4 is 6.29 Å². The van der Waals surface area contributed by atoms with Gasteiger partial charge in [-0.15, -0.1) is 11.1 Å². The minimum Gasteiger partial charge on any atom is -0.748 e. The van der Waals surface area contributed by atoms with Gasteiger partial charge in [-0.25, -0.2) is 0 Å². The van der Waals surface area contributed by atoms with Crippen LogP contribution in [0.5, 0.6) is 0 Å². The van der Waals surface area contributed by atoms with Crippen LogP contribution in [-0.4, -0.2) is 6.29 Å². The van der Waals surface area contributed by atoms with Gasteiger partial charge in [-0.05, 0) is 0 Å². The Bertz CT molecular complexity index is 316. The Morgan fingerprint density at radius 2 is 1.71 bits per heavy atom. The number of aldehydes is 1. The van der Waals surface area contributed by atoms with Crippen molar-refractivity contribution < 1.29 is 21.9 Å². The van der Waals surface area contributed by atoms with Crippen molar-refractivity contribution in [2.45, 2.75) is 6.92 Å². The first kappa shape index (κ1) is 12.9. The van der Waals surface area contributed by atoms with E-state index in [1.165, 1.54) is 0 Å². The van der Waals surface area contributed by atoms with Crippen LogP contribution in [0.1, 0.15) is 15.9 Å². The molecule has 0 spiro atoms. The van der Waals surface area contributed by atoms with E-state index in [1.807, 2.05) is 55.5 Å². The summed E-state index contributed by atoms with van der Waals surface area (Å²) in [6.45, 7) is 1.92. The van der Waals surface area contributed by atoms with E-state index in [4.69, 9.17) is 0 Å². The third kappa shape index (κ3) is 4.22. The summed E-state index contributed by atoms with van der Waals surface area (Å²) in [5, 5.41) is 0. The second kappa shape index (κ2) is 7.31. The maximum absolute atomic E-state index is 10.1. The summed E-state index contributed by atoms with van der Waals surface area (Å²) in [7, 11) is 0. The molecule has 0 atom stereocenters. The molecule has 0 aliphatic heterocycles. The monoisotopic (exact) mass is 228 g/mol. The van der Waals surface area contributed by atoms with Gasteiger partial charge >= 0.3 is 0 Å². The van der Waals surface area contributed by atoms with Gasteiger partial charge in [0.25, 0.3) is 0 Å². The summed E-state index contributed by atoms with van der Waals surface area (Å²) in [5.41, 5.74) is 1.85. The molecule has 0 fully saturated rings. The Morgan fingerprint density at radius 1 is 1.21 bits per heavy atom. The topological polar surface area (TPSA) is 17.1 Å². The second-order valence-electron chi connectivity index (χ2n) is 2.74. The van der Waals surface area contributed by atoms with Crippen LogP contribution in [0.3, 0.4) is 0 Å². The molecule has 0 unspecified atom stereocenters. The van der Waals surface area contributed by atoms with Crippen LogP contribution >= 0.6 is 0 Å². The molecule has 0 aromatic heterocycles. The van der Waals surface area contributed by atoms with Gasteiger partial charge in [0.1, 0.15) is 0 Å². The van der Waals surface area contributed by atoms with Crippen molar-refractivity contribution in [2.24, 2.45) is 0 Å². The second-order valence-corrected chi connectivity index (χ2v) is 2.74. The van der Waals surface area contributed by atoms with Crippen LogP contribution < -0.4 is 0 Å². The molecule has 0 aliphatic rings. The largest absolute Gasteiger partial charge is 0.748 e. The molecule has 1 nitrogen and oxygen atoms in total. The van der Waals surface area contributed by atoms with Gasteiger partial charge in [0.2, 0.25) is 0 Å². The number of carbonyl (C=O) groups is 1. The molecule has 2 aromatic carbocycles. The molecule has 2 aromatic rings. The van der Waals surface area contributed by atoms with Crippen LogP contribution in [0.25, 0.3) is 0 Å². The predicted octanol–water partition coefficient (Wildman–Crippen LogP) is 2.93. The average Bonchev–Trinajstić information content (AvgIpc) is 2.76. The van der Waals surface area contributed by atoms with E-state index in [-0.39, 0.29) is 17.1 Å². The third-order valence-electron chi connectivity index (χ3n) is 1.76. The van der Waals surface area contributed by atoms with Gasteiger partial charge in [-0.2, -0.15) is 18.2 Å². The van der Waals surface area contributed by atoms with E-state index >= 15 is 0 Å². The molecule has 80 valence electrons. The van der Waals surface area contributed by atoms with Crippen LogP contribution in [-0.2, 0) is 17.1 Å². The minimum atomic E-state index is 0. The van der Waals surface area contributed by atoms with E-state index in [2.05, 4.69) is 0 Å². The van der Waals surface area contributed by atoms with Crippen LogP contribution in [0.4, 0.5) is 0 Å². The first-order valence-electron chi connectivity index (χ1n) is 4.19. The number of carbonyl (C=O) groups excluding carboxylic acids is 1. The summed E-state index contributed by atoms with van der Waals surface area (Å²) in [6.07, 6.45) is 0.870. The molecule has 0 amide bonds. The number of hydrogen-bond acceptors (Lipinski definition) is 1. The van der Waals surface area contributed by atoms with Gasteiger partial charge in [0.15, 0.2) is 0 Å². The molecule has 0 saturated carbocycles. The molecule has 0 heterocycles. The van der Waals surface area contributed by atoms with Crippen molar-refractivity contribution in [1.29, 1.82) is 0 Å². The zero-order valence-electron chi connectivity index (χ0n) is 7.96. The van der Waals surface area contributed by atoms with Gasteiger partial charge in [0, 0.05) is 17.1 Å². The molecule has 0 saturated heterocycles. The van der Waals surface area contributed by atoms with Gasteiger partial charge in [-0.1, -0.05) is 6.92 Å². The molecule has 2 rings (SSSR count). The summed E-state index contributed by atoms with van der Waals surface area (Å²) in [6, 6.07) is 15.6. The molecule has 0 aliphatic carbocycles. The fourth-order valence-electron chi connectivity index (χ4n) is 0.977. The minimum absolute atomic E-state index is 0. The van der Waals surface area contributed by atoms with Crippen molar-refractivity contribution in [1.82, 2.24) is 0 Å². The van der Waals surface area contributed by atoms with Gasteiger partial charge < -0.3 is 35.1 Å². The molecule has 0 N–H and O–H groups in total. The zero-order valence-corrected chi connectivity index (χ0v) is 9.06. The van der Waals surface area contributed by atoms with E-state index in [9.17, 15) is 4.79 Å². The van der Waals surface area contributed by atoms with E-state index in [0.29, 0.717) is 0 Å². The van der Waals surface area contributed by atoms with Crippen LogP contribution in [0.15, 0.2) is 48.5 Å². The Balaban J connectivity index is 0.000000246. The van der Waals surface area contributed by atoms with Crippen LogP contribution in [0, 0.1) is 6.92 Å². The fourth-order valence-corrected chi connectivity index (χ4v) is 0.977. The summed E-state index contributed by atoms with van der Waals surface area (Å²) in [4.78, 5) is 10.1. The SMILES string of the molecule is C[c-]1cccc1C=O.[Fe].[cH-]1[cH-][cH-][cH-][cH-]1. The molecule has 0 bridgehead atoms. The van der Waals surface area contributed by atoms with Crippen molar-refractivity contribution in [3.63, 3.8) is 0 Å². The summed E-state index contributed by atoms with van der Waals surface area (Å²) < 4.78 is 0. The summed E-state index contributed by atoms with van der Waals surface area (Å²) in [5.74, 6) is 0. The maximum atomic E-state index is 10.1. The molecule has 0 radical (unpaired) electrons. The third-order valence-corrected chi connectivity index (χ3v) is 1.76. The average molecular weight is 228 g/mol. The summed E-state index contributed by atoms with van der Waals surface area (Å²) >= 11 is 0. The van der Waals surface area contributed by atoms with Gasteiger partial charge in [0.05, 0.1) is 6.29 Å². The Labute approximate surface area is 95.0 Å². The first-order chi connectivity index (χ1) is 6.34. The number of aryl methyl sites for hydroxylation is 1. The number of rotatable bonds is 1. The Morgan fingerprint density at radius 3 is 1.93 bits per heavy atom. The standard InChI is InChI=1S/C7H7O.C5H5.Fe/c1-6-3-2-4-7(6)5-8;1-2-4-5-3-1;/h2-5H,1H3;1-5H;/q-1;-5;. The quantitative estimate of drug-likeness (QED) is 0.416. The first-order valence-corrected chi connectivity index (χ1v) is 4.19. The van der Waals surface area contributed by atoms with E-state index in [1.54, 1.807) is 0 Å². The van der Waals surface area contributed by atoms with Crippen molar-refractivity contribution in [3.05, 3.63) is 59.7 Å². The maximum Gasteiger partial charge on any atom is 0.0652 e. The Hall–Kier alpha value is -1.11. The van der Waals surface area contributed by atoms with E-state index in [0.717, 1.165) is 17.4 Å². The predicted molar refractivity (Wildman–Crippen MR) is 54.2 cm³/mol. The van der Waals surface area contributed by atoms with Crippen molar-refractivity contribution in [2.75, 3.05) is 0 Å². The Kier molecular flexibility index (Phi) is 6.73. The van der Waals surface area contributed by atoms with E-state index < -0.39 is 0 Å². The van der Waals surface area contributed by atoms with Gasteiger partial charge in [-0.3, -0.25) is 0 Å². The van der Waals surface area contributed by atoms with Crippen LogP contribution in [0.2, 0.25) is 0 Å². The fraction of sp³-hybridized carbons (Fsp3) is 0.0833. The molecule has 14 heavy (non-hydrogen) atoms. The normalized spacial score (nSPS) is 8.07. The molecular formula is C12H12FeO-6. The zero-order chi connectivity index (χ0) is 9.52.